The molecule has 1 fully saturated rings. The van der Waals surface area contributed by atoms with Crippen molar-refractivity contribution in [1.29, 1.82) is 0 Å². The summed E-state index contributed by atoms with van der Waals surface area (Å²) in [6.45, 7) is 0. The normalized spacial score (nSPS) is 23.8. The number of esters is 1. The SMILES string of the molecule is COC(=O)C1(c2cccc(F)c2)CCC(=O)C1. The molecule has 1 aliphatic rings. The number of benzene rings is 1. The lowest BCUT2D eigenvalue weighted by Crippen LogP contribution is -2.34. The van der Waals surface area contributed by atoms with Crippen LogP contribution in [0.15, 0.2) is 24.3 Å². The van der Waals surface area contributed by atoms with E-state index in [1.807, 2.05) is 0 Å². The van der Waals surface area contributed by atoms with Gasteiger partial charge in [0, 0.05) is 12.8 Å². The van der Waals surface area contributed by atoms with E-state index in [1.54, 1.807) is 6.07 Å². The lowest BCUT2D eigenvalue weighted by atomic mass is 9.79. The Bertz CT molecular complexity index is 469. The van der Waals surface area contributed by atoms with E-state index >= 15 is 0 Å². The van der Waals surface area contributed by atoms with E-state index in [9.17, 15) is 14.0 Å². The Morgan fingerprint density at radius 3 is 2.76 bits per heavy atom. The summed E-state index contributed by atoms with van der Waals surface area (Å²) in [5.41, 5.74) is -0.469. The second-order valence-corrected chi connectivity index (χ2v) is 4.30. The number of ketones is 1. The Kier molecular flexibility index (Phi) is 2.96. The number of ether oxygens (including phenoxy) is 1. The van der Waals surface area contributed by atoms with Gasteiger partial charge >= 0.3 is 5.97 Å². The molecule has 0 N–H and O–H groups in total. The summed E-state index contributed by atoms with van der Waals surface area (Å²) >= 11 is 0. The molecule has 4 heteroatoms. The van der Waals surface area contributed by atoms with Crippen LogP contribution in [0.4, 0.5) is 4.39 Å². The average molecular weight is 236 g/mol. The molecule has 17 heavy (non-hydrogen) atoms. The summed E-state index contributed by atoms with van der Waals surface area (Å²) < 4.78 is 18.0. The van der Waals surface area contributed by atoms with Crippen molar-refractivity contribution in [2.45, 2.75) is 24.7 Å². The third-order valence-electron chi connectivity index (χ3n) is 3.28. The number of hydrogen-bond donors (Lipinski definition) is 0. The van der Waals surface area contributed by atoms with Crippen molar-refractivity contribution in [2.75, 3.05) is 7.11 Å². The van der Waals surface area contributed by atoms with Gasteiger partial charge in [0.15, 0.2) is 0 Å². The van der Waals surface area contributed by atoms with Gasteiger partial charge in [-0.3, -0.25) is 9.59 Å². The molecule has 0 bridgehead atoms. The Labute approximate surface area is 98.6 Å². The number of halogens is 1. The molecule has 1 atom stereocenters. The fraction of sp³-hybridized carbons (Fsp3) is 0.385. The summed E-state index contributed by atoms with van der Waals surface area (Å²) in [7, 11) is 1.28. The van der Waals surface area contributed by atoms with Crippen LogP contribution in [0.5, 0.6) is 0 Å². The van der Waals surface area contributed by atoms with E-state index in [-0.39, 0.29) is 12.2 Å². The van der Waals surface area contributed by atoms with Gasteiger partial charge in [-0.1, -0.05) is 12.1 Å². The highest BCUT2D eigenvalue weighted by Gasteiger charge is 2.47. The molecule has 1 aliphatic carbocycles. The molecule has 0 saturated heterocycles. The molecule has 1 aromatic carbocycles. The number of hydrogen-bond acceptors (Lipinski definition) is 3. The van der Waals surface area contributed by atoms with Gasteiger partial charge < -0.3 is 4.74 Å². The van der Waals surface area contributed by atoms with Gasteiger partial charge in [0.2, 0.25) is 0 Å². The molecular formula is C13H13FO3. The van der Waals surface area contributed by atoms with Crippen LogP contribution in [0.2, 0.25) is 0 Å². The molecule has 90 valence electrons. The van der Waals surface area contributed by atoms with E-state index in [0.717, 1.165) is 0 Å². The quantitative estimate of drug-likeness (QED) is 0.737. The molecule has 3 nitrogen and oxygen atoms in total. The van der Waals surface area contributed by atoms with Gasteiger partial charge in [-0.25, -0.2) is 4.39 Å². The first-order valence-electron chi connectivity index (χ1n) is 5.45. The second-order valence-electron chi connectivity index (χ2n) is 4.30. The summed E-state index contributed by atoms with van der Waals surface area (Å²) in [5, 5.41) is 0. The minimum absolute atomic E-state index is 0.0136. The van der Waals surface area contributed by atoms with Crippen molar-refractivity contribution in [3.05, 3.63) is 35.6 Å². The van der Waals surface area contributed by atoms with Crippen LogP contribution in [0, 0.1) is 5.82 Å². The number of methoxy groups -OCH3 is 1. The van der Waals surface area contributed by atoms with Crippen molar-refractivity contribution < 1.29 is 18.7 Å². The predicted molar refractivity (Wildman–Crippen MR) is 59.0 cm³/mol. The first-order valence-corrected chi connectivity index (χ1v) is 5.45. The highest BCUT2D eigenvalue weighted by Crippen LogP contribution is 2.40. The van der Waals surface area contributed by atoms with Crippen LogP contribution in [0.25, 0.3) is 0 Å². The number of Topliss-reactive ketones (excluding diaryl/α,β-unsaturated/α-hetero) is 1. The van der Waals surface area contributed by atoms with Crippen LogP contribution >= 0.6 is 0 Å². The van der Waals surface area contributed by atoms with Gasteiger partial charge in [0.1, 0.15) is 17.0 Å². The largest absolute Gasteiger partial charge is 0.468 e. The van der Waals surface area contributed by atoms with Crippen molar-refractivity contribution in [1.82, 2.24) is 0 Å². The van der Waals surface area contributed by atoms with Gasteiger partial charge in [0.25, 0.3) is 0 Å². The van der Waals surface area contributed by atoms with E-state index in [1.165, 1.54) is 25.3 Å². The molecule has 0 aliphatic heterocycles. The third-order valence-corrected chi connectivity index (χ3v) is 3.28. The van der Waals surface area contributed by atoms with Crippen molar-refractivity contribution >= 4 is 11.8 Å². The lowest BCUT2D eigenvalue weighted by Gasteiger charge is -2.25. The van der Waals surface area contributed by atoms with Gasteiger partial charge in [-0.05, 0) is 24.1 Å². The van der Waals surface area contributed by atoms with Gasteiger partial charge in [-0.2, -0.15) is 0 Å². The van der Waals surface area contributed by atoms with Crippen molar-refractivity contribution in [2.24, 2.45) is 0 Å². The maximum Gasteiger partial charge on any atom is 0.316 e. The smallest absolute Gasteiger partial charge is 0.316 e. The molecule has 0 radical (unpaired) electrons. The Morgan fingerprint density at radius 1 is 1.47 bits per heavy atom. The molecule has 1 unspecified atom stereocenters. The third kappa shape index (κ3) is 1.95. The molecule has 0 spiro atoms. The molecule has 0 heterocycles. The van der Waals surface area contributed by atoms with E-state index < -0.39 is 17.2 Å². The number of rotatable bonds is 2. The number of carbonyl (C=O) groups is 2. The summed E-state index contributed by atoms with van der Waals surface area (Å²) in [5.74, 6) is -0.862. The zero-order chi connectivity index (χ0) is 12.5. The minimum atomic E-state index is -0.992. The van der Waals surface area contributed by atoms with E-state index in [2.05, 4.69) is 0 Å². The molecule has 0 amide bonds. The summed E-state index contributed by atoms with van der Waals surface area (Å²) in [4.78, 5) is 23.3. The van der Waals surface area contributed by atoms with Crippen LogP contribution < -0.4 is 0 Å². The van der Waals surface area contributed by atoms with E-state index in [0.29, 0.717) is 18.4 Å². The van der Waals surface area contributed by atoms with E-state index in [4.69, 9.17) is 4.74 Å². The maximum atomic E-state index is 13.2. The lowest BCUT2D eigenvalue weighted by molar-refractivity contribution is -0.148. The highest BCUT2D eigenvalue weighted by atomic mass is 19.1. The predicted octanol–water partition coefficient (Wildman–Crippen LogP) is 1.99. The molecule has 2 rings (SSSR count). The molecule has 0 aromatic heterocycles. The van der Waals surface area contributed by atoms with Gasteiger partial charge in [-0.15, -0.1) is 0 Å². The van der Waals surface area contributed by atoms with Crippen molar-refractivity contribution in [3.63, 3.8) is 0 Å². The maximum absolute atomic E-state index is 13.2. The van der Waals surface area contributed by atoms with Crippen LogP contribution in [-0.4, -0.2) is 18.9 Å². The van der Waals surface area contributed by atoms with Gasteiger partial charge in [0.05, 0.1) is 7.11 Å². The summed E-state index contributed by atoms with van der Waals surface area (Å²) in [6, 6.07) is 5.82. The standard InChI is InChI=1S/C13H13FO3/c1-17-12(16)13(6-5-11(15)8-13)9-3-2-4-10(14)7-9/h2-4,7H,5-6,8H2,1H3. The highest BCUT2D eigenvalue weighted by molar-refractivity contribution is 5.94. The zero-order valence-corrected chi connectivity index (χ0v) is 9.53. The topological polar surface area (TPSA) is 43.4 Å². The molecule has 1 aromatic rings. The Morgan fingerprint density at radius 2 is 2.24 bits per heavy atom. The fourth-order valence-corrected chi connectivity index (χ4v) is 2.39. The minimum Gasteiger partial charge on any atom is -0.468 e. The zero-order valence-electron chi connectivity index (χ0n) is 9.53. The first kappa shape index (κ1) is 11.8. The van der Waals surface area contributed by atoms with Crippen LogP contribution in [0.3, 0.4) is 0 Å². The van der Waals surface area contributed by atoms with Crippen LogP contribution in [0.1, 0.15) is 24.8 Å². The number of carbonyl (C=O) groups excluding carboxylic acids is 2. The van der Waals surface area contributed by atoms with Crippen LogP contribution in [-0.2, 0) is 19.7 Å². The average Bonchev–Trinajstić information content (AvgIpc) is 2.72. The first-order chi connectivity index (χ1) is 8.08. The molecule has 1 saturated carbocycles. The second kappa shape index (κ2) is 4.28. The van der Waals surface area contributed by atoms with Crippen molar-refractivity contribution in [3.8, 4) is 0 Å². The Balaban J connectivity index is 2.48. The molecular weight excluding hydrogens is 223 g/mol. The summed E-state index contributed by atoms with van der Waals surface area (Å²) in [6.07, 6.45) is 0.830. The fourth-order valence-electron chi connectivity index (χ4n) is 2.39. The monoisotopic (exact) mass is 236 g/mol. The Hall–Kier alpha value is -1.71.